The van der Waals surface area contributed by atoms with Gasteiger partial charge in [0.25, 0.3) is 0 Å². The third-order valence-electron chi connectivity index (χ3n) is 5.75. The molecule has 0 aliphatic heterocycles. The number of hydrogen-bond donors (Lipinski definition) is 0. The lowest BCUT2D eigenvalue weighted by Crippen LogP contribution is -2.31. The van der Waals surface area contributed by atoms with Gasteiger partial charge in [-0.3, -0.25) is 0 Å². The van der Waals surface area contributed by atoms with E-state index in [1.807, 2.05) is 0 Å². The Bertz CT molecular complexity index is 510. The lowest BCUT2D eigenvalue weighted by Gasteiger charge is -2.39. The van der Waals surface area contributed by atoms with Crippen LogP contribution in [0.2, 0.25) is 0 Å². The van der Waals surface area contributed by atoms with Gasteiger partial charge >= 0.3 is 0 Å². The number of fused-ring (bicyclic) bond motifs is 1. The third-order valence-corrected chi connectivity index (χ3v) is 5.75. The molecule has 1 saturated carbocycles. The van der Waals surface area contributed by atoms with E-state index in [1.165, 1.54) is 32.1 Å². The van der Waals surface area contributed by atoms with Gasteiger partial charge in [-0.25, -0.2) is 0 Å². The Morgan fingerprint density at radius 3 is 2.57 bits per heavy atom. The van der Waals surface area contributed by atoms with Gasteiger partial charge in [-0.15, -0.1) is 0 Å². The quantitative estimate of drug-likeness (QED) is 0.609. The third kappa shape index (κ3) is 2.50. The Morgan fingerprint density at radius 2 is 1.86 bits per heavy atom. The normalized spacial score (nSPS) is 34.1. The highest BCUT2D eigenvalue weighted by Crippen LogP contribution is 2.61. The minimum atomic E-state index is 0.417. The van der Waals surface area contributed by atoms with Crippen LogP contribution in [0.3, 0.4) is 0 Å². The van der Waals surface area contributed by atoms with Crippen molar-refractivity contribution >= 4 is 0 Å². The average Bonchev–Trinajstić information content (AvgIpc) is 2.84. The van der Waals surface area contributed by atoms with Crippen LogP contribution in [-0.2, 0) is 0 Å². The Kier molecular flexibility index (Phi) is 4.33. The van der Waals surface area contributed by atoms with Crippen LogP contribution < -0.4 is 0 Å². The van der Waals surface area contributed by atoms with Gasteiger partial charge in [0.15, 0.2) is 0 Å². The Balaban J connectivity index is 1.99. The molecule has 1 fully saturated rings. The van der Waals surface area contributed by atoms with E-state index in [1.54, 1.807) is 5.56 Å². The predicted molar refractivity (Wildman–Crippen MR) is 91.3 cm³/mol. The van der Waals surface area contributed by atoms with E-state index >= 15 is 0 Å². The van der Waals surface area contributed by atoms with Crippen molar-refractivity contribution in [3.05, 3.63) is 60.2 Å². The highest BCUT2D eigenvalue weighted by Gasteiger charge is 2.51. The van der Waals surface area contributed by atoms with Crippen LogP contribution in [0, 0.1) is 17.3 Å². The molecular formula is C21H28. The van der Waals surface area contributed by atoms with Crippen molar-refractivity contribution < 1.29 is 0 Å². The molecule has 0 aromatic heterocycles. The molecule has 0 nitrogen and oxygen atoms in total. The number of rotatable bonds is 5. The topological polar surface area (TPSA) is 0 Å². The predicted octanol–water partition coefficient (Wildman–Crippen LogP) is 6.12. The van der Waals surface area contributed by atoms with Crippen molar-refractivity contribution in [1.29, 1.82) is 0 Å². The SMILES string of the molecule is CCCC1C(c2ccccc2)CC2C=CC=CC21CCC. The van der Waals surface area contributed by atoms with Gasteiger partial charge in [0.2, 0.25) is 0 Å². The van der Waals surface area contributed by atoms with E-state index in [2.05, 4.69) is 68.5 Å². The molecule has 3 rings (SSSR count). The van der Waals surface area contributed by atoms with Crippen molar-refractivity contribution in [1.82, 2.24) is 0 Å². The molecule has 0 amide bonds. The van der Waals surface area contributed by atoms with Crippen LogP contribution in [0.4, 0.5) is 0 Å². The maximum atomic E-state index is 2.56. The highest BCUT2D eigenvalue weighted by molar-refractivity contribution is 5.31. The molecule has 2 aliphatic rings. The van der Waals surface area contributed by atoms with Crippen LogP contribution in [0.25, 0.3) is 0 Å². The second kappa shape index (κ2) is 6.22. The second-order valence-corrected chi connectivity index (χ2v) is 6.86. The Hall–Kier alpha value is -1.30. The summed E-state index contributed by atoms with van der Waals surface area (Å²) in [4.78, 5) is 0. The van der Waals surface area contributed by atoms with Gasteiger partial charge in [0.1, 0.15) is 0 Å². The molecule has 4 atom stereocenters. The smallest absolute Gasteiger partial charge is 0.00181 e. The van der Waals surface area contributed by atoms with Crippen LogP contribution in [0.15, 0.2) is 54.6 Å². The summed E-state index contributed by atoms with van der Waals surface area (Å²) in [5.74, 6) is 2.27. The zero-order chi connectivity index (χ0) is 14.7. The van der Waals surface area contributed by atoms with Crippen LogP contribution >= 0.6 is 0 Å². The van der Waals surface area contributed by atoms with E-state index in [4.69, 9.17) is 0 Å². The molecule has 0 heteroatoms. The molecule has 4 unspecified atom stereocenters. The summed E-state index contributed by atoms with van der Waals surface area (Å²) in [6.07, 6.45) is 16.2. The first-order valence-corrected chi connectivity index (χ1v) is 8.72. The molecule has 21 heavy (non-hydrogen) atoms. The zero-order valence-corrected chi connectivity index (χ0v) is 13.5. The minimum absolute atomic E-state index is 0.417. The molecule has 2 aliphatic carbocycles. The molecule has 0 bridgehead atoms. The van der Waals surface area contributed by atoms with E-state index in [9.17, 15) is 0 Å². The second-order valence-electron chi connectivity index (χ2n) is 6.86. The highest BCUT2D eigenvalue weighted by atomic mass is 14.6. The first kappa shape index (κ1) is 14.6. The van der Waals surface area contributed by atoms with Crippen LogP contribution in [-0.4, -0.2) is 0 Å². The molecule has 112 valence electrons. The molecule has 1 aromatic carbocycles. The maximum absolute atomic E-state index is 2.56. The molecule has 0 radical (unpaired) electrons. The summed E-state index contributed by atoms with van der Waals surface area (Å²) >= 11 is 0. The first-order valence-electron chi connectivity index (χ1n) is 8.72. The van der Waals surface area contributed by atoms with E-state index in [0.717, 1.165) is 17.8 Å². The van der Waals surface area contributed by atoms with Crippen LogP contribution in [0.5, 0.6) is 0 Å². The molecule has 1 aromatic rings. The number of benzene rings is 1. The van der Waals surface area contributed by atoms with E-state index in [-0.39, 0.29) is 0 Å². The zero-order valence-electron chi connectivity index (χ0n) is 13.5. The summed E-state index contributed by atoms with van der Waals surface area (Å²) in [5, 5.41) is 0. The molecule has 0 heterocycles. The van der Waals surface area contributed by atoms with E-state index < -0.39 is 0 Å². The van der Waals surface area contributed by atoms with Gasteiger partial charge in [-0.05, 0) is 48.0 Å². The minimum Gasteiger partial charge on any atom is -0.0805 e. The fourth-order valence-corrected chi connectivity index (χ4v) is 4.98. The lowest BCUT2D eigenvalue weighted by atomic mass is 9.64. The average molecular weight is 280 g/mol. The fourth-order valence-electron chi connectivity index (χ4n) is 4.98. The first-order chi connectivity index (χ1) is 10.3. The molecule has 0 N–H and O–H groups in total. The molecule has 0 saturated heterocycles. The summed E-state index contributed by atoms with van der Waals surface area (Å²) in [6, 6.07) is 11.2. The van der Waals surface area contributed by atoms with Crippen molar-refractivity contribution in [2.75, 3.05) is 0 Å². The number of allylic oxidation sites excluding steroid dienone is 4. The van der Waals surface area contributed by atoms with Crippen molar-refractivity contribution in [3.63, 3.8) is 0 Å². The number of hydrogen-bond acceptors (Lipinski definition) is 0. The summed E-state index contributed by atoms with van der Waals surface area (Å²) < 4.78 is 0. The summed E-state index contributed by atoms with van der Waals surface area (Å²) in [5.41, 5.74) is 1.97. The van der Waals surface area contributed by atoms with Crippen molar-refractivity contribution in [3.8, 4) is 0 Å². The summed E-state index contributed by atoms with van der Waals surface area (Å²) in [6.45, 7) is 4.69. The van der Waals surface area contributed by atoms with Crippen molar-refractivity contribution in [2.45, 2.75) is 51.9 Å². The van der Waals surface area contributed by atoms with Gasteiger partial charge in [-0.2, -0.15) is 0 Å². The molecular weight excluding hydrogens is 252 g/mol. The lowest BCUT2D eigenvalue weighted by molar-refractivity contribution is 0.188. The van der Waals surface area contributed by atoms with Crippen LogP contribution in [0.1, 0.15) is 57.4 Å². The Morgan fingerprint density at radius 1 is 1.05 bits per heavy atom. The monoisotopic (exact) mass is 280 g/mol. The maximum Gasteiger partial charge on any atom is -0.00181 e. The standard InChI is InChI=1S/C21H28/c1-3-10-20-19(17-11-6-5-7-12-17)16-18-13-8-9-15-21(18,20)14-4-2/h5-9,11-13,15,18-20H,3-4,10,14,16H2,1-2H3. The van der Waals surface area contributed by atoms with Gasteiger partial charge < -0.3 is 0 Å². The van der Waals surface area contributed by atoms with Gasteiger partial charge in [0, 0.05) is 0 Å². The van der Waals surface area contributed by atoms with Gasteiger partial charge in [0.05, 0.1) is 0 Å². The molecule has 0 spiro atoms. The van der Waals surface area contributed by atoms with Gasteiger partial charge in [-0.1, -0.05) is 81.3 Å². The van der Waals surface area contributed by atoms with E-state index in [0.29, 0.717) is 5.41 Å². The summed E-state index contributed by atoms with van der Waals surface area (Å²) in [7, 11) is 0. The van der Waals surface area contributed by atoms with Crippen molar-refractivity contribution in [2.24, 2.45) is 17.3 Å². The fraction of sp³-hybridized carbons (Fsp3) is 0.524. The Labute approximate surface area is 130 Å². The largest absolute Gasteiger partial charge is 0.0805 e.